The average molecular weight is 188 g/mol. The average Bonchev–Trinajstić information content (AvgIpc) is 2.05. The molecule has 0 aliphatic carbocycles. The second-order valence-electron chi connectivity index (χ2n) is 2.34. The van der Waals surface area contributed by atoms with Crippen molar-refractivity contribution in [3.05, 3.63) is 35.9 Å². The lowest BCUT2D eigenvalue weighted by Crippen LogP contribution is -2.25. The van der Waals surface area contributed by atoms with Gasteiger partial charge in [0.15, 0.2) is 5.71 Å². The third-order valence-electron chi connectivity index (χ3n) is 1.44. The Balaban J connectivity index is 3.08. The number of halogens is 3. The molecule has 0 saturated carbocycles. The summed E-state index contributed by atoms with van der Waals surface area (Å²) in [7, 11) is 0. The summed E-state index contributed by atoms with van der Waals surface area (Å²) < 4.78 is 36.6. The van der Waals surface area contributed by atoms with Crippen molar-refractivity contribution >= 4 is 5.71 Å². The van der Waals surface area contributed by atoms with Gasteiger partial charge in [0.1, 0.15) is 0 Å². The molecule has 2 N–H and O–H groups in total. The normalized spacial score (nSPS) is 13.0. The summed E-state index contributed by atoms with van der Waals surface area (Å²) in [5.41, 5.74) is -1.09. The van der Waals surface area contributed by atoms with Crippen molar-refractivity contribution < 1.29 is 13.2 Å². The summed E-state index contributed by atoms with van der Waals surface area (Å²) in [6.07, 6.45) is -4.50. The lowest BCUT2D eigenvalue weighted by Gasteiger charge is -2.08. The Morgan fingerprint density at radius 2 is 1.69 bits per heavy atom. The summed E-state index contributed by atoms with van der Waals surface area (Å²) in [6.45, 7) is 0. The maximum absolute atomic E-state index is 12.2. The maximum atomic E-state index is 12.2. The van der Waals surface area contributed by atoms with Crippen molar-refractivity contribution in [1.82, 2.24) is 0 Å². The van der Waals surface area contributed by atoms with E-state index in [2.05, 4.69) is 10.9 Å². The number of benzene rings is 1. The van der Waals surface area contributed by atoms with Crippen LogP contribution in [0, 0.1) is 0 Å². The van der Waals surface area contributed by atoms with E-state index in [1.54, 1.807) is 6.07 Å². The summed E-state index contributed by atoms with van der Waals surface area (Å²) in [4.78, 5) is 0. The number of alkyl halides is 3. The van der Waals surface area contributed by atoms with E-state index in [9.17, 15) is 13.2 Å². The molecular formula is C8H7F3N2. The third-order valence-corrected chi connectivity index (χ3v) is 1.44. The highest BCUT2D eigenvalue weighted by molar-refractivity contribution is 6.04. The zero-order chi connectivity index (χ0) is 9.90. The van der Waals surface area contributed by atoms with Crippen LogP contribution in [0.1, 0.15) is 5.56 Å². The molecule has 0 unspecified atom stereocenters. The van der Waals surface area contributed by atoms with E-state index in [1.807, 2.05) is 0 Å². The Kier molecular flexibility index (Phi) is 2.55. The number of hydrazone groups is 1. The second kappa shape index (κ2) is 3.47. The van der Waals surface area contributed by atoms with Crippen molar-refractivity contribution in [1.29, 1.82) is 0 Å². The van der Waals surface area contributed by atoms with Gasteiger partial charge in [0.25, 0.3) is 0 Å². The van der Waals surface area contributed by atoms with Gasteiger partial charge in [-0.25, -0.2) is 0 Å². The van der Waals surface area contributed by atoms with Crippen LogP contribution in [0.4, 0.5) is 13.2 Å². The van der Waals surface area contributed by atoms with E-state index in [0.29, 0.717) is 0 Å². The van der Waals surface area contributed by atoms with Crippen LogP contribution in [0.3, 0.4) is 0 Å². The van der Waals surface area contributed by atoms with E-state index in [-0.39, 0.29) is 5.56 Å². The Morgan fingerprint density at radius 1 is 1.15 bits per heavy atom. The Bertz CT molecular complexity index is 303. The van der Waals surface area contributed by atoms with Gasteiger partial charge in [0.2, 0.25) is 0 Å². The fraction of sp³-hybridized carbons (Fsp3) is 0.125. The van der Waals surface area contributed by atoms with E-state index >= 15 is 0 Å². The smallest absolute Gasteiger partial charge is 0.323 e. The molecule has 1 aromatic carbocycles. The van der Waals surface area contributed by atoms with E-state index in [0.717, 1.165) is 0 Å². The van der Waals surface area contributed by atoms with Crippen LogP contribution in [0.5, 0.6) is 0 Å². The van der Waals surface area contributed by atoms with Gasteiger partial charge >= 0.3 is 6.18 Å². The molecule has 0 atom stereocenters. The van der Waals surface area contributed by atoms with Gasteiger partial charge in [-0.15, -0.1) is 0 Å². The molecule has 0 heterocycles. The minimum absolute atomic E-state index is 0.0301. The van der Waals surface area contributed by atoms with Gasteiger partial charge in [-0.1, -0.05) is 30.3 Å². The quantitative estimate of drug-likeness (QED) is 0.408. The Labute approximate surface area is 72.9 Å². The van der Waals surface area contributed by atoms with Crippen LogP contribution in [-0.2, 0) is 0 Å². The van der Waals surface area contributed by atoms with Gasteiger partial charge < -0.3 is 5.84 Å². The maximum Gasteiger partial charge on any atom is 0.435 e. The Hall–Kier alpha value is -1.52. The molecule has 0 fully saturated rings. The lowest BCUT2D eigenvalue weighted by molar-refractivity contribution is -0.0582. The van der Waals surface area contributed by atoms with Crippen LogP contribution in [0.25, 0.3) is 0 Å². The molecule has 0 radical (unpaired) electrons. The molecule has 0 aliphatic heterocycles. The fourth-order valence-corrected chi connectivity index (χ4v) is 0.907. The van der Waals surface area contributed by atoms with Crippen LogP contribution < -0.4 is 5.84 Å². The summed E-state index contributed by atoms with van der Waals surface area (Å²) in [5.74, 6) is 4.66. The number of rotatable bonds is 1. The van der Waals surface area contributed by atoms with Crippen molar-refractivity contribution in [2.24, 2.45) is 10.9 Å². The molecule has 0 aliphatic rings. The minimum Gasteiger partial charge on any atom is -0.323 e. The molecule has 0 amide bonds. The number of hydrogen-bond donors (Lipinski definition) is 1. The van der Waals surface area contributed by atoms with Crippen LogP contribution in [0.15, 0.2) is 35.4 Å². The highest BCUT2D eigenvalue weighted by Crippen LogP contribution is 2.21. The predicted molar refractivity (Wildman–Crippen MR) is 43.2 cm³/mol. The van der Waals surface area contributed by atoms with Crippen LogP contribution in [0.2, 0.25) is 0 Å². The molecule has 1 rings (SSSR count). The molecule has 2 nitrogen and oxygen atoms in total. The number of nitrogens with zero attached hydrogens (tertiary/aromatic N) is 1. The van der Waals surface area contributed by atoms with Gasteiger partial charge in [-0.3, -0.25) is 0 Å². The van der Waals surface area contributed by atoms with Crippen molar-refractivity contribution in [3.63, 3.8) is 0 Å². The second-order valence-corrected chi connectivity index (χ2v) is 2.34. The molecule has 1 aromatic rings. The first-order valence-electron chi connectivity index (χ1n) is 3.46. The van der Waals surface area contributed by atoms with Gasteiger partial charge in [0.05, 0.1) is 0 Å². The topological polar surface area (TPSA) is 38.4 Å². The zero-order valence-electron chi connectivity index (χ0n) is 6.55. The standard InChI is InChI=1S/C8H7F3N2/c9-8(10,11)7(13-12)6-4-2-1-3-5-6/h1-5H,12H2/b13-7-. The fourth-order valence-electron chi connectivity index (χ4n) is 0.907. The predicted octanol–water partition coefficient (Wildman–Crippen LogP) is 1.91. The summed E-state index contributed by atoms with van der Waals surface area (Å²) >= 11 is 0. The number of hydrogen-bond acceptors (Lipinski definition) is 2. The first-order valence-corrected chi connectivity index (χ1v) is 3.46. The first-order chi connectivity index (χ1) is 6.05. The number of nitrogens with two attached hydrogens (primary N) is 1. The molecule has 0 aromatic heterocycles. The highest BCUT2D eigenvalue weighted by Gasteiger charge is 2.36. The first kappa shape index (κ1) is 9.57. The van der Waals surface area contributed by atoms with Crippen LogP contribution in [-0.4, -0.2) is 11.9 Å². The highest BCUT2D eigenvalue weighted by atomic mass is 19.4. The summed E-state index contributed by atoms with van der Waals surface area (Å²) in [5, 5.41) is 2.72. The third kappa shape index (κ3) is 2.21. The molecule has 0 saturated heterocycles. The SMILES string of the molecule is N/N=C(/c1ccccc1)C(F)(F)F. The summed E-state index contributed by atoms with van der Waals surface area (Å²) in [6, 6.07) is 7.21. The van der Waals surface area contributed by atoms with Gasteiger partial charge in [-0.2, -0.15) is 18.3 Å². The molecular weight excluding hydrogens is 181 g/mol. The van der Waals surface area contributed by atoms with Crippen molar-refractivity contribution in [3.8, 4) is 0 Å². The largest absolute Gasteiger partial charge is 0.435 e. The van der Waals surface area contributed by atoms with Crippen LogP contribution >= 0.6 is 0 Å². The zero-order valence-corrected chi connectivity index (χ0v) is 6.55. The van der Waals surface area contributed by atoms with Gasteiger partial charge in [0, 0.05) is 5.56 Å². The molecule has 13 heavy (non-hydrogen) atoms. The molecule has 0 spiro atoms. The van der Waals surface area contributed by atoms with E-state index in [4.69, 9.17) is 0 Å². The van der Waals surface area contributed by atoms with Crippen molar-refractivity contribution in [2.75, 3.05) is 0 Å². The van der Waals surface area contributed by atoms with E-state index < -0.39 is 11.9 Å². The lowest BCUT2D eigenvalue weighted by atomic mass is 10.1. The monoisotopic (exact) mass is 188 g/mol. The molecule has 0 bridgehead atoms. The van der Waals surface area contributed by atoms with Crippen molar-refractivity contribution in [2.45, 2.75) is 6.18 Å². The van der Waals surface area contributed by atoms with Gasteiger partial charge in [-0.05, 0) is 0 Å². The Morgan fingerprint density at radius 3 is 2.08 bits per heavy atom. The minimum atomic E-state index is -4.50. The molecule has 70 valence electrons. The molecule has 5 heteroatoms. The van der Waals surface area contributed by atoms with E-state index in [1.165, 1.54) is 24.3 Å².